The number of carbonyl (C=O) groups is 1. The third-order valence-electron chi connectivity index (χ3n) is 3.23. The van der Waals surface area contributed by atoms with E-state index in [0.29, 0.717) is 12.6 Å². The number of hydrogen-bond acceptors (Lipinski definition) is 5. The van der Waals surface area contributed by atoms with E-state index >= 15 is 0 Å². The van der Waals surface area contributed by atoms with Crippen LogP contribution in [-0.2, 0) is 9.53 Å². The summed E-state index contributed by atoms with van der Waals surface area (Å²) in [7, 11) is 1.41. The standard InChI is InChI=1S/C13H19N3O2/c1-18-13(17)10-15-11-5-8-16(9-6-11)12-4-2-3-7-14-12/h2-4,7,11,15H,5-6,8-10H2,1H3. The molecule has 2 heterocycles. The van der Waals surface area contributed by atoms with Crippen molar-refractivity contribution in [2.75, 3.05) is 31.6 Å². The molecule has 2 rings (SSSR count). The van der Waals surface area contributed by atoms with Crippen LogP contribution in [-0.4, -0.2) is 43.7 Å². The van der Waals surface area contributed by atoms with Crippen LogP contribution in [0.25, 0.3) is 0 Å². The number of nitrogens with zero attached hydrogens (tertiary/aromatic N) is 2. The molecule has 1 aliphatic rings. The number of carbonyl (C=O) groups excluding carboxylic acids is 1. The molecule has 1 fully saturated rings. The second kappa shape index (κ2) is 6.35. The average molecular weight is 249 g/mol. The van der Waals surface area contributed by atoms with Crippen LogP contribution >= 0.6 is 0 Å². The minimum atomic E-state index is -0.206. The van der Waals surface area contributed by atoms with Gasteiger partial charge in [0.15, 0.2) is 0 Å². The van der Waals surface area contributed by atoms with Crippen LogP contribution in [0.5, 0.6) is 0 Å². The number of nitrogens with one attached hydrogen (secondary N) is 1. The molecule has 0 aromatic carbocycles. The van der Waals surface area contributed by atoms with E-state index in [9.17, 15) is 4.79 Å². The minimum Gasteiger partial charge on any atom is -0.468 e. The number of anilines is 1. The summed E-state index contributed by atoms with van der Waals surface area (Å²) in [4.78, 5) is 17.7. The summed E-state index contributed by atoms with van der Waals surface area (Å²) in [6, 6.07) is 6.35. The van der Waals surface area contributed by atoms with Gasteiger partial charge in [-0.15, -0.1) is 0 Å². The molecular weight excluding hydrogens is 230 g/mol. The first-order valence-corrected chi connectivity index (χ1v) is 6.26. The highest BCUT2D eigenvalue weighted by molar-refractivity contribution is 5.71. The normalized spacial score (nSPS) is 16.6. The van der Waals surface area contributed by atoms with Gasteiger partial charge in [-0.3, -0.25) is 4.79 Å². The van der Waals surface area contributed by atoms with E-state index in [4.69, 9.17) is 0 Å². The number of rotatable bonds is 4. The molecule has 0 aliphatic carbocycles. The van der Waals surface area contributed by atoms with Gasteiger partial charge >= 0.3 is 5.97 Å². The maximum Gasteiger partial charge on any atom is 0.319 e. The third kappa shape index (κ3) is 3.43. The smallest absolute Gasteiger partial charge is 0.319 e. The van der Waals surface area contributed by atoms with Crippen LogP contribution in [0.2, 0.25) is 0 Å². The van der Waals surface area contributed by atoms with Gasteiger partial charge in [0.2, 0.25) is 0 Å². The summed E-state index contributed by atoms with van der Waals surface area (Å²) in [6.45, 7) is 2.23. The van der Waals surface area contributed by atoms with Crippen molar-refractivity contribution in [1.29, 1.82) is 0 Å². The fraction of sp³-hybridized carbons (Fsp3) is 0.538. The Morgan fingerprint density at radius 3 is 2.89 bits per heavy atom. The maximum absolute atomic E-state index is 11.0. The van der Waals surface area contributed by atoms with E-state index in [-0.39, 0.29) is 5.97 Å². The average Bonchev–Trinajstić information content (AvgIpc) is 2.46. The van der Waals surface area contributed by atoms with Crippen LogP contribution in [0.3, 0.4) is 0 Å². The highest BCUT2D eigenvalue weighted by atomic mass is 16.5. The zero-order valence-corrected chi connectivity index (χ0v) is 10.6. The molecule has 0 saturated carbocycles. The molecule has 0 radical (unpaired) electrons. The SMILES string of the molecule is COC(=O)CNC1CCN(c2ccccn2)CC1. The number of hydrogen-bond donors (Lipinski definition) is 1. The molecule has 0 spiro atoms. The Labute approximate surface area is 107 Å². The van der Waals surface area contributed by atoms with Gasteiger partial charge in [-0.2, -0.15) is 0 Å². The summed E-state index contributed by atoms with van der Waals surface area (Å²) in [6.07, 6.45) is 3.86. The topological polar surface area (TPSA) is 54.5 Å². The Balaban J connectivity index is 1.76. The van der Waals surface area contributed by atoms with Gasteiger partial charge in [0.25, 0.3) is 0 Å². The largest absolute Gasteiger partial charge is 0.468 e. The van der Waals surface area contributed by atoms with Crippen LogP contribution in [0, 0.1) is 0 Å². The number of ether oxygens (including phenoxy) is 1. The first kappa shape index (κ1) is 12.8. The molecule has 0 amide bonds. The number of pyridine rings is 1. The lowest BCUT2D eigenvalue weighted by Crippen LogP contribution is -2.44. The predicted octanol–water partition coefficient (Wildman–Crippen LogP) is 0.813. The Kier molecular flexibility index (Phi) is 4.52. The molecule has 0 unspecified atom stereocenters. The Bertz CT molecular complexity index is 375. The van der Waals surface area contributed by atoms with Crippen LogP contribution < -0.4 is 10.2 Å². The molecule has 0 atom stereocenters. The van der Waals surface area contributed by atoms with Crippen molar-refractivity contribution >= 4 is 11.8 Å². The molecule has 0 bridgehead atoms. The van der Waals surface area contributed by atoms with Crippen molar-refractivity contribution in [3.63, 3.8) is 0 Å². The lowest BCUT2D eigenvalue weighted by Gasteiger charge is -2.33. The summed E-state index contributed by atoms with van der Waals surface area (Å²) < 4.78 is 4.61. The first-order valence-electron chi connectivity index (χ1n) is 6.26. The van der Waals surface area contributed by atoms with Crippen LogP contribution in [0.4, 0.5) is 5.82 Å². The van der Waals surface area contributed by atoms with E-state index in [2.05, 4.69) is 19.9 Å². The van der Waals surface area contributed by atoms with Crippen molar-refractivity contribution in [2.24, 2.45) is 0 Å². The van der Waals surface area contributed by atoms with E-state index in [1.807, 2.05) is 24.4 Å². The van der Waals surface area contributed by atoms with Gasteiger partial charge in [-0.1, -0.05) is 6.07 Å². The monoisotopic (exact) mass is 249 g/mol. The van der Waals surface area contributed by atoms with E-state index in [1.54, 1.807) is 0 Å². The van der Waals surface area contributed by atoms with Gasteiger partial charge in [0, 0.05) is 25.3 Å². The van der Waals surface area contributed by atoms with Crippen molar-refractivity contribution in [3.05, 3.63) is 24.4 Å². The van der Waals surface area contributed by atoms with Crippen LogP contribution in [0.1, 0.15) is 12.8 Å². The Hall–Kier alpha value is -1.62. The van der Waals surface area contributed by atoms with Gasteiger partial charge in [0.1, 0.15) is 5.82 Å². The van der Waals surface area contributed by atoms with Crippen LogP contribution in [0.15, 0.2) is 24.4 Å². The van der Waals surface area contributed by atoms with E-state index in [1.165, 1.54) is 7.11 Å². The summed E-state index contributed by atoms with van der Waals surface area (Å²) in [5.74, 6) is 0.825. The summed E-state index contributed by atoms with van der Waals surface area (Å²) in [5.41, 5.74) is 0. The van der Waals surface area contributed by atoms with Crippen molar-refractivity contribution < 1.29 is 9.53 Å². The molecule has 1 aromatic rings. The second-order valence-electron chi connectivity index (χ2n) is 4.41. The molecule has 98 valence electrons. The number of esters is 1. The molecule has 1 aliphatic heterocycles. The molecule has 1 N–H and O–H groups in total. The molecule has 5 nitrogen and oxygen atoms in total. The first-order chi connectivity index (χ1) is 8.79. The summed E-state index contributed by atoms with van der Waals surface area (Å²) >= 11 is 0. The van der Waals surface area contributed by atoms with Crippen molar-refractivity contribution in [2.45, 2.75) is 18.9 Å². The zero-order valence-electron chi connectivity index (χ0n) is 10.6. The van der Waals surface area contributed by atoms with Gasteiger partial charge in [0.05, 0.1) is 13.7 Å². The fourth-order valence-corrected chi connectivity index (χ4v) is 2.15. The van der Waals surface area contributed by atoms with Gasteiger partial charge < -0.3 is 15.0 Å². The van der Waals surface area contributed by atoms with E-state index in [0.717, 1.165) is 31.7 Å². The number of aromatic nitrogens is 1. The maximum atomic E-state index is 11.0. The molecule has 1 aromatic heterocycles. The zero-order chi connectivity index (χ0) is 12.8. The van der Waals surface area contributed by atoms with E-state index < -0.39 is 0 Å². The Morgan fingerprint density at radius 2 is 2.28 bits per heavy atom. The number of methoxy groups -OCH3 is 1. The predicted molar refractivity (Wildman–Crippen MR) is 69.5 cm³/mol. The highest BCUT2D eigenvalue weighted by Gasteiger charge is 2.20. The van der Waals surface area contributed by atoms with Gasteiger partial charge in [-0.05, 0) is 25.0 Å². The Morgan fingerprint density at radius 1 is 1.50 bits per heavy atom. The third-order valence-corrected chi connectivity index (χ3v) is 3.23. The number of piperidine rings is 1. The van der Waals surface area contributed by atoms with Crippen molar-refractivity contribution in [1.82, 2.24) is 10.3 Å². The fourth-order valence-electron chi connectivity index (χ4n) is 2.15. The quantitative estimate of drug-likeness (QED) is 0.800. The molecular formula is C13H19N3O2. The lowest BCUT2D eigenvalue weighted by atomic mass is 10.1. The van der Waals surface area contributed by atoms with Gasteiger partial charge in [-0.25, -0.2) is 4.98 Å². The van der Waals surface area contributed by atoms with Crippen molar-refractivity contribution in [3.8, 4) is 0 Å². The molecule has 5 heteroatoms. The molecule has 1 saturated heterocycles. The second-order valence-corrected chi connectivity index (χ2v) is 4.41. The minimum absolute atomic E-state index is 0.206. The summed E-state index contributed by atoms with van der Waals surface area (Å²) in [5, 5.41) is 3.22. The highest BCUT2D eigenvalue weighted by Crippen LogP contribution is 2.16. The lowest BCUT2D eigenvalue weighted by molar-refractivity contribution is -0.139. The molecule has 18 heavy (non-hydrogen) atoms.